The Morgan fingerprint density at radius 3 is 2.70 bits per heavy atom. The molecule has 0 amide bonds. The van der Waals surface area contributed by atoms with E-state index in [1.807, 2.05) is 6.07 Å². The summed E-state index contributed by atoms with van der Waals surface area (Å²) in [5, 5.41) is 0. The fourth-order valence-corrected chi connectivity index (χ4v) is 5.29. The maximum absolute atomic E-state index is 13.7. The van der Waals surface area contributed by atoms with Crippen LogP contribution in [0.2, 0.25) is 0 Å². The number of hydrogen-bond acceptors (Lipinski definition) is 5. The molecule has 2 aliphatic rings. The highest BCUT2D eigenvalue weighted by Crippen LogP contribution is 2.44. The molecule has 0 aliphatic carbocycles. The molecule has 0 unspecified atom stereocenters. The second-order valence-corrected chi connectivity index (χ2v) is 8.56. The number of thiophene rings is 1. The molecule has 120 valence electrons. The quantitative estimate of drug-likeness (QED) is 0.718. The van der Waals surface area contributed by atoms with Gasteiger partial charge in [0.15, 0.2) is 0 Å². The summed E-state index contributed by atoms with van der Waals surface area (Å²) < 4.78 is 14.9. The summed E-state index contributed by atoms with van der Waals surface area (Å²) in [5.74, 6) is 0.765. The van der Waals surface area contributed by atoms with Crippen LogP contribution in [0, 0.1) is 12.7 Å². The largest absolute Gasteiger partial charge is 0.353 e. The van der Waals surface area contributed by atoms with Gasteiger partial charge in [0.1, 0.15) is 11.7 Å². The van der Waals surface area contributed by atoms with E-state index in [0.717, 1.165) is 42.6 Å². The van der Waals surface area contributed by atoms with Crippen molar-refractivity contribution in [2.45, 2.75) is 16.0 Å². The summed E-state index contributed by atoms with van der Waals surface area (Å²) in [6.45, 7) is 6.10. The van der Waals surface area contributed by atoms with Gasteiger partial charge in [-0.25, -0.2) is 9.38 Å². The van der Waals surface area contributed by atoms with Gasteiger partial charge >= 0.3 is 0 Å². The zero-order valence-electron chi connectivity index (χ0n) is 13.2. The summed E-state index contributed by atoms with van der Waals surface area (Å²) in [6.07, 6.45) is 0. The number of nitrogens with zero attached hydrogens (tertiary/aromatic N) is 3. The van der Waals surface area contributed by atoms with Crippen molar-refractivity contribution in [1.82, 2.24) is 9.80 Å². The minimum absolute atomic E-state index is 0.229. The van der Waals surface area contributed by atoms with E-state index in [1.54, 1.807) is 29.2 Å². The molecular formula is C17H18FN3S2. The summed E-state index contributed by atoms with van der Waals surface area (Å²) in [5.41, 5.74) is 1.93. The molecule has 0 N–H and O–H groups in total. The van der Waals surface area contributed by atoms with Crippen LogP contribution >= 0.6 is 23.1 Å². The van der Waals surface area contributed by atoms with Crippen LogP contribution in [-0.2, 0) is 0 Å². The van der Waals surface area contributed by atoms with Gasteiger partial charge in [-0.15, -0.1) is 11.3 Å². The molecule has 1 aromatic heterocycles. The number of piperazine rings is 1. The second-order valence-electron chi connectivity index (χ2n) is 6.00. The van der Waals surface area contributed by atoms with Crippen LogP contribution in [0.5, 0.6) is 0 Å². The third-order valence-corrected chi connectivity index (χ3v) is 6.53. The Kier molecular flexibility index (Phi) is 3.91. The first-order chi connectivity index (χ1) is 11.1. The third-order valence-electron chi connectivity index (χ3n) is 4.21. The van der Waals surface area contributed by atoms with E-state index in [4.69, 9.17) is 4.99 Å². The highest BCUT2D eigenvalue weighted by atomic mass is 32.2. The Hall–Kier alpha value is -1.37. The number of aliphatic imine (C=N–C) groups is 1. The minimum Gasteiger partial charge on any atom is -0.353 e. The Bertz CT molecular complexity index is 776. The van der Waals surface area contributed by atoms with E-state index in [1.165, 1.54) is 20.7 Å². The van der Waals surface area contributed by atoms with Crippen molar-refractivity contribution in [3.05, 3.63) is 40.5 Å². The molecule has 1 aromatic carbocycles. The van der Waals surface area contributed by atoms with Crippen LogP contribution in [0.3, 0.4) is 0 Å². The monoisotopic (exact) mass is 347 g/mol. The van der Waals surface area contributed by atoms with E-state index in [2.05, 4.69) is 29.8 Å². The van der Waals surface area contributed by atoms with Crippen LogP contribution in [0.4, 0.5) is 10.1 Å². The zero-order chi connectivity index (χ0) is 16.0. The van der Waals surface area contributed by atoms with E-state index in [-0.39, 0.29) is 5.82 Å². The number of halogens is 1. The molecular weight excluding hydrogens is 329 g/mol. The maximum Gasteiger partial charge on any atom is 0.138 e. The van der Waals surface area contributed by atoms with Gasteiger partial charge in [-0.05, 0) is 32.2 Å². The standard InChI is InChI=1S/C17H18FN3S2/c1-11-9-13-16(21-7-5-20(2)6-8-21)19-14-10-12(18)3-4-15(14)23-17(13)22-11/h3-4,9-10H,5-8H2,1-2H3. The zero-order valence-corrected chi connectivity index (χ0v) is 14.8. The van der Waals surface area contributed by atoms with Gasteiger partial charge in [0, 0.05) is 47.6 Å². The van der Waals surface area contributed by atoms with Gasteiger partial charge in [-0.1, -0.05) is 11.8 Å². The molecule has 3 nitrogen and oxygen atoms in total. The summed E-state index contributed by atoms with van der Waals surface area (Å²) >= 11 is 3.49. The predicted molar refractivity (Wildman–Crippen MR) is 94.8 cm³/mol. The van der Waals surface area contributed by atoms with Gasteiger partial charge in [0.2, 0.25) is 0 Å². The lowest BCUT2D eigenvalue weighted by atomic mass is 10.2. The van der Waals surface area contributed by atoms with Gasteiger partial charge in [-0.2, -0.15) is 0 Å². The van der Waals surface area contributed by atoms with Gasteiger partial charge < -0.3 is 9.80 Å². The van der Waals surface area contributed by atoms with Crippen LogP contribution < -0.4 is 0 Å². The average molecular weight is 347 g/mol. The van der Waals surface area contributed by atoms with Gasteiger partial charge in [-0.3, -0.25) is 0 Å². The van der Waals surface area contributed by atoms with Crippen LogP contribution in [0.1, 0.15) is 10.4 Å². The van der Waals surface area contributed by atoms with Crippen molar-refractivity contribution in [1.29, 1.82) is 0 Å². The van der Waals surface area contributed by atoms with Gasteiger partial charge in [0.25, 0.3) is 0 Å². The molecule has 6 heteroatoms. The Morgan fingerprint density at radius 1 is 1.13 bits per heavy atom. The molecule has 4 rings (SSSR count). The number of likely N-dealkylation sites (N-methyl/N-ethyl adjacent to an activating group) is 1. The molecule has 2 aromatic rings. The number of fused-ring (bicyclic) bond motifs is 2. The lowest BCUT2D eigenvalue weighted by molar-refractivity contribution is 0.215. The SMILES string of the molecule is Cc1cc2c(s1)Sc1ccc(F)cc1N=C2N1CCN(C)CC1. The van der Waals surface area contributed by atoms with Crippen molar-refractivity contribution >= 4 is 34.6 Å². The molecule has 0 atom stereocenters. The van der Waals surface area contributed by atoms with E-state index >= 15 is 0 Å². The number of benzene rings is 1. The highest BCUT2D eigenvalue weighted by Gasteiger charge is 2.26. The lowest BCUT2D eigenvalue weighted by Crippen LogP contribution is -2.47. The first kappa shape index (κ1) is 15.2. The van der Waals surface area contributed by atoms with Gasteiger partial charge in [0.05, 0.1) is 9.90 Å². The van der Waals surface area contributed by atoms with E-state index in [0.29, 0.717) is 0 Å². The average Bonchev–Trinajstić information content (AvgIpc) is 2.82. The number of amidine groups is 1. The maximum atomic E-state index is 13.7. The predicted octanol–water partition coefficient (Wildman–Crippen LogP) is 3.99. The van der Waals surface area contributed by atoms with Crippen molar-refractivity contribution in [2.24, 2.45) is 4.99 Å². The second kappa shape index (κ2) is 5.92. The third kappa shape index (κ3) is 2.91. The molecule has 0 radical (unpaired) electrons. The Labute approximate surface area is 143 Å². The normalized spacial score (nSPS) is 18.2. The molecule has 0 bridgehead atoms. The molecule has 2 aliphatic heterocycles. The lowest BCUT2D eigenvalue weighted by Gasteiger charge is -2.34. The van der Waals surface area contributed by atoms with Crippen LogP contribution in [-0.4, -0.2) is 48.9 Å². The molecule has 1 saturated heterocycles. The fourth-order valence-electron chi connectivity index (χ4n) is 2.92. The topological polar surface area (TPSA) is 18.8 Å². The van der Waals surface area contributed by atoms with Crippen LogP contribution in [0.25, 0.3) is 0 Å². The molecule has 0 saturated carbocycles. The molecule has 3 heterocycles. The highest BCUT2D eigenvalue weighted by molar-refractivity contribution is 8.01. The first-order valence-corrected chi connectivity index (χ1v) is 9.34. The Morgan fingerprint density at radius 2 is 1.91 bits per heavy atom. The number of aryl methyl sites for hydroxylation is 1. The molecule has 23 heavy (non-hydrogen) atoms. The van der Waals surface area contributed by atoms with Crippen molar-refractivity contribution in [3.63, 3.8) is 0 Å². The molecule has 1 fully saturated rings. The first-order valence-electron chi connectivity index (χ1n) is 7.70. The van der Waals surface area contributed by atoms with Crippen molar-refractivity contribution < 1.29 is 4.39 Å². The smallest absolute Gasteiger partial charge is 0.138 e. The fraction of sp³-hybridized carbons (Fsp3) is 0.353. The van der Waals surface area contributed by atoms with E-state index in [9.17, 15) is 4.39 Å². The summed E-state index contributed by atoms with van der Waals surface area (Å²) in [7, 11) is 2.15. The van der Waals surface area contributed by atoms with E-state index < -0.39 is 0 Å². The summed E-state index contributed by atoms with van der Waals surface area (Å²) in [6, 6.07) is 7.11. The molecule has 0 spiro atoms. The van der Waals surface area contributed by atoms with Crippen molar-refractivity contribution in [2.75, 3.05) is 33.2 Å². The summed E-state index contributed by atoms with van der Waals surface area (Å²) in [4.78, 5) is 11.9. The number of hydrogen-bond donors (Lipinski definition) is 0. The Balaban J connectivity index is 1.82. The minimum atomic E-state index is -0.229. The van der Waals surface area contributed by atoms with Crippen molar-refractivity contribution in [3.8, 4) is 0 Å². The number of rotatable bonds is 0. The van der Waals surface area contributed by atoms with Crippen LogP contribution in [0.15, 0.2) is 38.4 Å².